The molecule has 6 nitrogen and oxygen atoms in total. The van der Waals surface area contributed by atoms with E-state index in [4.69, 9.17) is 4.42 Å². The zero-order chi connectivity index (χ0) is 20.5. The van der Waals surface area contributed by atoms with Crippen LogP contribution in [-0.2, 0) is 17.8 Å². The minimum absolute atomic E-state index is 0.146. The molecule has 0 bridgehead atoms. The van der Waals surface area contributed by atoms with Gasteiger partial charge in [0, 0.05) is 25.2 Å². The number of benzene rings is 3. The molecular weight excluding hydrogens is 378 g/mol. The summed E-state index contributed by atoms with van der Waals surface area (Å²) in [6, 6.07) is 23.4. The van der Waals surface area contributed by atoms with Crippen molar-refractivity contribution in [2.24, 2.45) is 0 Å². The number of amides is 1. The normalized spacial score (nSPS) is 12.9. The Balaban J connectivity index is 1.34. The molecule has 0 aliphatic carbocycles. The lowest BCUT2D eigenvalue weighted by Crippen LogP contribution is -2.21. The lowest BCUT2D eigenvalue weighted by molar-refractivity contribution is -0.116. The van der Waals surface area contributed by atoms with Crippen molar-refractivity contribution in [2.45, 2.75) is 19.4 Å². The highest BCUT2D eigenvalue weighted by Crippen LogP contribution is 2.38. The van der Waals surface area contributed by atoms with Gasteiger partial charge in [0.25, 0.3) is 0 Å². The highest BCUT2D eigenvalue weighted by molar-refractivity contribution is 5.95. The second-order valence-electron chi connectivity index (χ2n) is 7.33. The molecule has 0 unspecified atom stereocenters. The van der Waals surface area contributed by atoms with Crippen LogP contribution in [0.1, 0.15) is 12.0 Å². The quantitative estimate of drug-likeness (QED) is 0.543. The molecule has 0 saturated heterocycles. The van der Waals surface area contributed by atoms with Crippen LogP contribution in [-0.4, -0.2) is 17.0 Å². The summed E-state index contributed by atoms with van der Waals surface area (Å²) in [4.78, 5) is 27.0. The second-order valence-corrected chi connectivity index (χ2v) is 7.33. The number of hydrogen-bond acceptors (Lipinski definition) is 4. The van der Waals surface area contributed by atoms with Crippen molar-refractivity contribution in [3.8, 4) is 0 Å². The van der Waals surface area contributed by atoms with Crippen molar-refractivity contribution in [2.75, 3.05) is 16.8 Å². The summed E-state index contributed by atoms with van der Waals surface area (Å²) in [7, 11) is 0. The third-order valence-corrected chi connectivity index (χ3v) is 5.49. The lowest BCUT2D eigenvalue weighted by atomic mass is 10.1. The Hall–Kier alpha value is -3.80. The molecular formula is C24H21N3O3. The van der Waals surface area contributed by atoms with Crippen LogP contribution in [0.2, 0.25) is 0 Å². The number of nitrogens with zero attached hydrogens (tertiary/aromatic N) is 2. The smallest absolute Gasteiger partial charge is 0.408 e. The number of para-hydroxylation sites is 5. The van der Waals surface area contributed by atoms with Gasteiger partial charge in [-0.2, -0.15) is 0 Å². The summed E-state index contributed by atoms with van der Waals surface area (Å²) in [6.07, 6.45) is 1.16. The van der Waals surface area contributed by atoms with E-state index in [9.17, 15) is 9.59 Å². The van der Waals surface area contributed by atoms with E-state index in [0.717, 1.165) is 24.3 Å². The van der Waals surface area contributed by atoms with Crippen molar-refractivity contribution in [1.82, 2.24) is 4.57 Å². The number of carbonyl (C=O) groups is 1. The number of rotatable bonds is 5. The van der Waals surface area contributed by atoms with Gasteiger partial charge in [-0.1, -0.05) is 42.5 Å². The molecule has 30 heavy (non-hydrogen) atoms. The van der Waals surface area contributed by atoms with Gasteiger partial charge < -0.3 is 14.6 Å². The molecule has 0 spiro atoms. The van der Waals surface area contributed by atoms with E-state index in [-0.39, 0.29) is 18.9 Å². The van der Waals surface area contributed by atoms with E-state index in [0.29, 0.717) is 11.1 Å². The van der Waals surface area contributed by atoms with Gasteiger partial charge in [0.1, 0.15) is 0 Å². The molecule has 1 aromatic heterocycles. The number of aryl methyl sites for hydroxylation is 1. The summed E-state index contributed by atoms with van der Waals surface area (Å²) in [5.74, 6) is -0.592. The van der Waals surface area contributed by atoms with Crippen LogP contribution < -0.4 is 16.0 Å². The maximum atomic E-state index is 12.7. The molecule has 2 heterocycles. The van der Waals surface area contributed by atoms with Crippen LogP contribution in [0.5, 0.6) is 0 Å². The van der Waals surface area contributed by atoms with Gasteiger partial charge in [0.05, 0.1) is 16.9 Å². The Morgan fingerprint density at radius 3 is 2.57 bits per heavy atom. The number of fused-ring (bicyclic) bond motifs is 2. The summed E-state index contributed by atoms with van der Waals surface area (Å²) in [5, 5.41) is 3.02. The average molecular weight is 399 g/mol. The lowest BCUT2D eigenvalue weighted by Gasteiger charge is -2.23. The van der Waals surface area contributed by atoms with E-state index in [2.05, 4.69) is 28.4 Å². The standard InChI is InChI=1S/C24H21N3O3/c28-23(14-16-27-21-11-5-6-12-22(21)30-24(27)29)25-18-8-2-4-10-20(18)26-15-13-17-7-1-3-9-19(17)26/h1-12H,13-16H2,(H,25,28). The summed E-state index contributed by atoms with van der Waals surface area (Å²) in [6.45, 7) is 1.14. The molecule has 4 aromatic rings. The van der Waals surface area contributed by atoms with Crippen LogP contribution in [0, 0.1) is 0 Å². The van der Waals surface area contributed by atoms with E-state index in [1.54, 1.807) is 6.07 Å². The Morgan fingerprint density at radius 1 is 0.933 bits per heavy atom. The molecule has 0 atom stereocenters. The number of hydrogen-bond donors (Lipinski definition) is 1. The molecule has 1 aliphatic rings. The van der Waals surface area contributed by atoms with Crippen molar-refractivity contribution in [3.63, 3.8) is 0 Å². The highest BCUT2D eigenvalue weighted by atomic mass is 16.4. The SMILES string of the molecule is O=C(CCn1c(=O)oc2ccccc21)Nc1ccccc1N1CCc2ccccc21. The van der Waals surface area contributed by atoms with Crippen molar-refractivity contribution < 1.29 is 9.21 Å². The summed E-state index contributed by atoms with van der Waals surface area (Å²) < 4.78 is 6.74. The Labute approximate surface area is 173 Å². The van der Waals surface area contributed by atoms with Crippen molar-refractivity contribution in [1.29, 1.82) is 0 Å². The van der Waals surface area contributed by atoms with Crippen molar-refractivity contribution >= 4 is 34.1 Å². The average Bonchev–Trinajstić information content (AvgIpc) is 3.33. The van der Waals surface area contributed by atoms with Gasteiger partial charge in [-0.05, 0) is 42.3 Å². The minimum Gasteiger partial charge on any atom is -0.408 e. The Bertz CT molecular complexity index is 1290. The first-order chi connectivity index (χ1) is 14.7. The zero-order valence-corrected chi connectivity index (χ0v) is 16.4. The molecule has 1 N–H and O–H groups in total. The Morgan fingerprint density at radius 2 is 1.67 bits per heavy atom. The van der Waals surface area contributed by atoms with Crippen molar-refractivity contribution in [3.05, 3.63) is 88.9 Å². The maximum absolute atomic E-state index is 12.7. The second kappa shape index (κ2) is 7.55. The summed E-state index contributed by atoms with van der Waals surface area (Å²) >= 11 is 0. The van der Waals surface area contributed by atoms with E-state index < -0.39 is 5.76 Å². The predicted octanol–water partition coefficient (Wildman–Crippen LogP) is 4.32. The van der Waals surface area contributed by atoms with Gasteiger partial charge in [0.2, 0.25) is 5.91 Å². The largest absolute Gasteiger partial charge is 0.419 e. The number of anilines is 3. The zero-order valence-electron chi connectivity index (χ0n) is 16.4. The molecule has 6 heteroatoms. The van der Waals surface area contributed by atoms with Gasteiger partial charge >= 0.3 is 5.76 Å². The first-order valence-electron chi connectivity index (χ1n) is 10.0. The first kappa shape index (κ1) is 18.2. The van der Waals surface area contributed by atoms with E-state index in [1.807, 2.05) is 48.5 Å². The molecule has 0 radical (unpaired) electrons. The third-order valence-electron chi connectivity index (χ3n) is 5.49. The molecule has 1 amide bonds. The van der Waals surface area contributed by atoms with Gasteiger partial charge in [-0.25, -0.2) is 4.79 Å². The minimum atomic E-state index is -0.446. The maximum Gasteiger partial charge on any atom is 0.419 e. The van der Waals surface area contributed by atoms with Crippen LogP contribution in [0.25, 0.3) is 11.1 Å². The first-order valence-corrected chi connectivity index (χ1v) is 10.0. The van der Waals surface area contributed by atoms with E-state index in [1.165, 1.54) is 15.8 Å². The van der Waals surface area contributed by atoms with Crippen LogP contribution in [0.15, 0.2) is 82.0 Å². The predicted molar refractivity (Wildman–Crippen MR) is 117 cm³/mol. The Kier molecular flexibility index (Phi) is 4.59. The number of aromatic nitrogens is 1. The van der Waals surface area contributed by atoms with Gasteiger partial charge in [0.15, 0.2) is 5.58 Å². The molecule has 1 aliphatic heterocycles. The number of carbonyl (C=O) groups excluding carboxylic acids is 1. The molecule has 150 valence electrons. The molecule has 0 saturated carbocycles. The van der Waals surface area contributed by atoms with Crippen LogP contribution in [0.4, 0.5) is 17.1 Å². The van der Waals surface area contributed by atoms with Crippen LogP contribution >= 0.6 is 0 Å². The fourth-order valence-corrected chi connectivity index (χ4v) is 4.05. The van der Waals surface area contributed by atoms with Gasteiger partial charge in [-0.3, -0.25) is 9.36 Å². The molecule has 3 aromatic carbocycles. The number of nitrogens with one attached hydrogen (secondary N) is 1. The highest BCUT2D eigenvalue weighted by Gasteiger charge is 2.22. The van der Waals surface area contributed by atoms with E-state index >= 15 is 0 Å². The number of oxazole rings is 1. The topological polar surface area (TPSA) is 67.5 Å². The third kappa shape index (κ3) is 3.26. The fourth-order valence-electron chi connectivity index (χ4n) is 4.05. The monoisotopic (exact) mass is 399 g/mol. The van der Waals surface area contributed by atoms with Gasteiger partial charge in [-0.15, -0.1) is 0 Å². The molecule has 5 rings (SSSR count). The fraction of sp³-hybridized carbons (Fsp3) is 0.167. The van der Waals surface area contributed by atoms with Crippen LogP contribution in [0.3, 0.4) is 0 Å². The summed E-state index contributed by atoms with van der Waals surface area (Å²) in [5.41, 5.74) is 5.45. The molecule has 0 fully saturated rings.